The number of rotatable bonds is 10. The summed E-state index contributed by atoms with van der Waals surface area (Å²) in [7, 11) is 2.21. The van der Waals surface area contributed by atoms with Gasteiger partial charge in [-0.3, -0.25) is 0 Å². The van der Waals surface area contributed by atoms with Gasteiger partial charge in [0.15, 0.2) is 0 Å². The molecule has 0 radical (unpaired) electrons. The van der Waals surface area contributed by atoms with Crippen LogP contribution in [0.15, 0.2) is 28.7 Å². The van der Waals surface area contributed by atoms with Gasteiger partial charge in [-0.15, -0.1) is 0 Å². The molecule has 0 saturated heterocycles. The third kappa shape index (κ3) is 8.40. The Bertz CT molecular complexity index is 324. The average molecular weight is 327 g/mol. The van der Waals surface area contributed by atoms with Gasteiger partial charge < -0.3 is 10.2 Å². The van der Waals surface area contributed by atoms with Crippen LogP contribution in [-0.2, 0) is 6.54 Å². The molecule has 1 aromatic rings. The second kappa shape index (κ2) is 10.4. The molecule has 0 fully saturated rings. The molecule has 0 aromatic heterocycles. The van der Waals surface area contributed by atoms with E-state index in [1.165, 1.54) is 44.3 Å². The van der Waals surface area contributed by atoms with Gasteiger partial charge in [-0.1, -0.05) is 41.4 Å². The van der Waals surface area contributed by atoms with Crippen LogP contribution < -0.4 is 5.32 Å². The number of hydrogen-bond donors (Lipinski definition) is 1. The Morgan fingerprint density at radius 3 is 2.47 bits per heavy atom. The van der Waals surface area contributed by atoms with E-state index in [-0.39, 0.29) is 0 Å². The monoisotopic (exact) mass is 326 g/mol. The van der Waals surface area contributed by atoms with E-state index < -0.39 is 0 Å². The quantitative estimate of drug-likeness (QED) is 0.652. The summed E-state index contributed by atoms with van der Waals surface area (Å²) in [5.41, 5.74) is 1.38. The molecule has 0 unspecified atom stereocenters. The summed E-state index contributed by atoms with van der Waals surface area (Å²) in [6.07, 6.45) is 5.14. The fourth-order valence-electron chi connectivity index (χ4n) is 2.09. The van der Waals surface area contributed by atoms with Crippen molar-refractivity contribution in [2.75, 3.05) is 26.7 Å². The van der Waals surface area contributed by atoms with Crippen LogP contribution in [0.25, 0.3) is 0 Å². The molecule has 0 aliphatic heterocycles. The van der Waals surface area contributed by atoms with Crippen molar-refractivity contribution < 1.29 is 0 Å². The summed E-state index contributed by atoms with van der Waals surface area (Å²) >= 11 is 3.47. The molecular weight excluding hydrogens is 300 g/mol. The van der Waals surface area contributed by atoms with Gasteiger partial charge in [0.2, 0.25) is 0 Å². The van der Waals surface area contributed by atoms with Crippen LogP contribution in [0.3, 0.4) is 0 Å². The molecule has 0 amide bonds. The van der Waals surface area contributed by atoms with E-state index in [4.69, 9.17) is 0 Å². The summed E-state index contributed by atoms with van der Waals surface area (Å²) < 4.78 is 1.15. The predicted octanol–water partition coefficient (Wildman–Crippen LogP) is 4.05. The molecule has 0 atom stereocenters. The molecule has 1 rings (SSSR count). The van der Waals surface area contributed by atoms with Crippen molar-refractivity contribution in [3.05, 3.63) is 34.3 Å². The Hall–Kier alpha value is -0.380. The van der Waals surface area contributed by atoms with Gasteiger partial charge >= 0.3 is 0 Å². The maximum Gasteiger partial charge on any atom is 0.0230 e. The highest BCUT2D eigenvalue weighted by Gasteiger charge is 2.00. The number of nitrogens with one attached hydrogen (secondary N) is 1. The minimum absolute atomic E-state index is 1.04. The third-order valence-corrected chi connectivity index (χ3v) is 3.71. The van der Waals surface area contributed by atoms with Crippen LogP contribution in [0.5, 0.6) is 0 Å². The predicted molar refractivity (Wildman–Crippen MR) is 87.5 cm³/mol. The van der Waals surface area contributed by atoms with Crippen LogP contribution in [0.1, 0.15) is 38.2 Å². The summed E-state index contributed by atoms with van der Waals surface area (Å²) in [5.74, 6) is 0. The van der Waals surface area contributed by atoms with E-state index in [1.54, 1.807) is 0 Å². The van der Waals surface area contributed by atoms with Gasteiger partial charge in [0, 0.05) is 11.0 Å². The smallest absolute Gasteiger partial charge is 0.0230 e. The zero-order chi connectivity index (χ0) is 13.9. The second-order valence-corrected chi connectivity index (χ2v) is 6.09. The van der Waals surface area contributed by atoms with Gasteiger partial charge in [-0.2, -0.15) is 0 Å². The lowest BCUT2D eigenvalue weighted by Gasteiger charge is -2.16. The van der Waals surface area contributed by atoms with E-state index in [0.29, 0.717) is 0 Å². The summed E-state index contributed by atoms with van der Waals surface area (Å²) in [6.45, 7) is 6.77. The Kier molecular flexibility index (Phi) is 9.14. The molecular formula is C16H27BrN2. The number of benzene rings is 1. The first kappa shape index (κ1) is 16.7. The second-order valence-electron chi connectivity index (χ2n) is 5.17. The van der Waals surface area contributed by atoms with E-state index in [0.717, 1.165) is 17.6 Å². The van der Waals surface area contributed by atoms with Crippen molar-refractivity contribution in [2.45, 2.75) is 39.2 Å². The molecule has 0 spiro atoms. The van der Waals surface area contributed by atoms with Crippen LogP contribution >= 0.6 is 15.9 Å². The molecule has 2 nitrogen and oxygen atoms in total. The molecule has 0 bridgehead atoms. The average Bonchev–Trinajstić information content (AvgIpc) is 2.40. The van der Waals surface area contributed by atoms with Crippen molar-refractivity contribution in [3.63, 3.8) is 0 Å². The summed E-state index contributed by atoms with van der Waals surface area (Å²) in [6, 6.07) is 8.61. The number of nitrogens with zero attached hydrogens (tertiary/aromatic N) is 1. The normalized spacial score (nSPS) is 11.2. The largest absolute Gasteiger partial charge is 0.317 e. The lowest BCUT2D eigenvalue weighted by atomic mass is 10.2. The van der Waals surface area contributed by atoms with Crippen molar-refractivity contribution in [1.82, 2.24) is 10.2 Å². The van der Waals surface area contributed by atoms with Crippen LogP contribution in [0.2, 0.25) is 0 Å². The molecule has 0 saturated carbocycles. The standard InChI is InChI=1S/C16H27BrN2/c1-3-11-18-12-5-4-6-13-19(2)14-15-7-9-16(17)10-8-15/h7-10,18H,3-6,11-14H2,1-2H3. The molecule has 19 heavy (non-hydrogen) atoms. The van der Waals surface area contributed by atoms with Gasteiger partial charge in [0.05, 0.1) is 0 Å². The van der Waals surface area contributed by atoms with Crippen LogP contribution in [-0.4, -0.2) is 31.6 Å². The van der Waals surface area contributed by atoms with E-state index >= 15 is 0 Å². The molecule has 1 aromatic carbocycles. The van der Waals surface area contributed by atoms with Crippen molar-refractivity contribution in [1.29, 1.82) is 0 Å². The van der Waals surface area contributed by atoms with Crippen LogP contribution in [0, 0.1) is 0 Å². The maximum absolute atomic E-state index is 3.47. The van der Waals surface area contributed by atoms with Crippen molar-refractivity contribution in [3.8, 4) is 0 Å². The number of halogens is 1. The first-order chi connectivity index (χ1) is 9.22. The molecule has 3 heteroatoms. The minimum atomic E-state index is 1.04. The summed E-state index contributed by atoms with van der Waals surface area (Å²) in [5, 5.41) is 3.45. The first-order valence-electron chi connectivity index (χ1n) is 7.36. The van der Waals surface area contributed by atoms with Gasteiger partial charge in [-0.05, 0) is 63.6 Å². The molecule has 0 heterocycles. The topological polar surface area (TPSA) is 15.3 Å². The third-order valence-electron chi connectivity index (χ3n) is 3.19. The molecule has 108 valence electrons. The fourth-order valence-corrected chi connectivity index (χ4v) is 2.36. The van der Waals surface area contributed by atoms with E-state index in [1.807, 2.05) is 0 Å². The Balaban J connectivity index is 2.04. The SMILES string of the molecule is CCCNCCCCCN(C)Cc1ccc(Br)cc1. The highest BCUT2D eigenvalue weighted by Crippen LogP contribution is 2.12. The lowest BCUT2D eigenvalue weighted by Crippen LogP contribution is -2.20. The van der Waals surface area contributed by atoms with Crippen molar-refractivity contribution >= 4 is 15.9 Å². The van der Waals surface area contributed by atoms with Gasteiger partial charge in [-0.25, -0.2) is 0 Å². The zero-order valence-electron chi connectivity index (χ0n) is 12.3. The molecule has 0 aliphatic rings. The number of unbranched alkanes of at least 4 members (excludes halogenated alkanes) is 2. The first-order valence-corrected chi connectivity index (χ1v) is 8.15. The summed E-state index contributed by atoms with van der Waals surface area (Å²) in [4.78, 5) is 2.41. The van der Waals surface area contributed by atoms with E-state index in [9.17, 15) is 0 Å². The minimum Gasteiger partial charge on any atom is -0.317 e. The highest BCUT2D eigenvalue weighted by atomic mass is 79.9. The van der Waals surface area contributed by atoms with Gasteiger partial charge in [0.1, 0.15) is 0 Å². The Morgan fingerprint density at radius 2 is 1.79 bits per heavy atom. The lowest BCUT2D eigenvalue weighted by molar-refractivity contribution is 0.317. The van der Waals surface area contributed by atoms with Gasteiger partial charge in [0.25, 0.3) is 0 Å². The van der Waals surface area contributed by atoms with Crippen LogP contribution in [0.4, 0.5) is 0 Å². The maximum atomic E-state index is 3.47. The van der Waals surface area contributed by atoms with E-state index in [2.05, 4.69) is 64.4 Å². The fraction of sp³-hybridized carbons (Fsp3) is 0.625. The number of hydrogen-bond acceptors (Lipinski definition) is 2. The Morgan fingerprint density at radius 1 is 1.05 bits per heavy atom. The molecule has 0 aliphatic carbocycles. The Labute approximate surface area is 126 Å². The molecule has 1 N–H and O–H groups in total. The zero-order valence-corrected chi connectivity index (χ0v) is 13.9. The highest BCUT2D eigenvalue weighted by molar-refractivity contribution is 9.10. The van der Waals surface area contributed by atoms with Crippen molar-refractivity contribution in [2.24, 2.45) is 0 Å².